The van der Waals surface area contributed by atoms with Gasteiger partial charge in [-0.15, -0.1) is 13.2 Å². The molecule has 142 valence electrons. The number of halogens is 3. The number of methoxy groups -OCH3 is 1. The molecule has 0 unspecified atom stereocenters. The fourth-order valence-electron chi connectivity index (χ4n) is 2.78. The van der Waals surface area contributed by atoms with Gasteiger partial charge < -0.3 is 14.8 Å². The van der Waals surface area contributed by atoms with Crippen molar-refractivity contribution in [3.63, 3.8) is 0 Å². The molecule has 0 amide bonds. The van der Waals surface area contributed by atoms with Crippen LogP contribution < -0.4 is 14.8 Å². The van der Waals surface area contributed by atoms with Gasteiger partial charge >= 0.3 is 6.36 Å². The molecular formula is C20H24F3NO2. The molecule has 0 saturated heterocycles. The SMILES string of the molecule is COc1ccc(OC(F)(F)F)c(Nc2c(C(C)C)cccc2C(C)C)c1. The van der Waals surface area contributed by atoms with Crippen LogP contribution in [0.1, 0.15) is 50.7 Å². The lowest BCUT2D eigenvalue weighted by atomic mass is 9.92. The number of para-hydroxylation sites is 1. The van der Waals surface area contributed by atoms with Crippen molar-refractivity contribution in [2.75, 3.05) is 12.4 Å². The highest BCUT2D eigenvalue weighted by atomic mass is 19.4. The molecule has 0 saturated carbocycles. The van der Waals surface area contributed by atoms with Gasteiger partial charge in [-0.05, 0) is 35.1 Å². The van der Waals surface area contributed by atoms with Crippen LogP contribution in [0.15, 0.2) is 36.4 Å². The highest BCUT2D eigenvalue weighted by Crippen LogP contribution is 2.39. The number of anilines is 2. The van der Waals surface area contributed by atoms with Crippen LogP contribution in [0.4, 0.5) is 24.5 Å². The number of nitrogens with one attached hydrogen (secondary N) is 1. The molecule has 2 rings (SSSR count). The van der Waals surface area contributed by atoms with Gasteiger partial charge in [0.1, 0.15) is 5.75 Å². The highest BCUT2D eigenvalue weighted by molar-refractivity contribution is 5.73. The molecule has 1 N–H and O–H groups in total. The molecular weight excluding hydrogens is 343 g/mol. The van der Waals surface area contributed by atoms with Crippen molar-refractivity contribution < 1.29 is 22.6 Å². The van der Waals surface area contributed by atoms with Gasteiger partial charge in [-0.3, -0.25) is 0 Å². The first-order chi connectivity index (χ1) is 12.1. The van der Waals surface area contributed by atoms with Crippen LogP contribution in [-0.4, -0.2) is 13.5 Å². The highest BCUT2D eigenvalue weighted by Gasteiger charge is 2.32. The lowest BCUT2D eigenvalue weighted by molar-refractivity contribution is -0.274. The van der Waals surface area contributed by atoms with Crippen LogP contribution in [0, 0.1) is 0 Å². The molecule has 6 heteroatoms. The summed E-state index contributed by atoms with van der Waals surface area (Å²) in [5.74, 6) is 0.546. The van der Waals surface area contributed by atoms with Crippen LogP contribution in [0.5, 0.6) is 11.5 Å². The Morgan fingerprint density at radius 3 is 1.96 bits per heavy atom. The fraction of sp³-hybridized carbons (Fsp3) is 0.400. The summed E-state index contributed by atoms with van der Waals surface area (Å²) in [6.07, 6.45) is -4.77. The van der Waals surface area contributed by atoms with E-state index in [9.17, 15) is 13.2 Å². The Balaban J connectivity index is 2.56. The van der Waals surface area contributed by atoms with Crippen molar-refractivity contribution in [1.29, 1.82) is 0 Å². The van der Waals surface area contributed by atoms with Crippen LogP contribution >= 0.6 is 0 Å². The van der Waals surface area contributed by atoms with Crippen molar-refractivity contribution in [3.05, 3.63) is 47.5 Å². The fourth-order valence-corrected chi connectivity index (χ4v) is 2.78. The molecule has 2 aromatic rings. The van der Waals surface area contributed by atoms with Gasteiger partial charge in [-0.25, -0.2) is 0 Å². The van der Waals surface area contributed by atoms with E-state index in [1.807, 2.05) is 45.9 Å². The molecule has 0 heterocycles. The average Bonchev–Trinajstić information content (AvgIpc) is 2.54. The standard InChI is InChI=1S/C20H24F3NO2/c1-12(2)15-7-6-8-16(13(3)4)19(15)24-17-11-14(25-5)9-10-18(17)26-20(21,22)23/h6-13,24H,1-5H3. The van der Waals surface area contributed by atoms with Gasteiger partial charge in [0.2, 0.25) is 0 Å². The number of hydrogen-bond acceptors (Lipinski definition) is 3. The molecule has 0 bridgehead atoms. The second kappa shape index (κ2) is 7.89. The number of hydrogen-bond donors (Lipinski definition) is 1. The molecule has 2 aromatic carbocycles. The largest absolute Gasteiger partial charge is 0.573 e. The molecule has 0 aromatic heterocycles. The molecule has 3 nitrogen and oxygen atoms in total. The molecule has 26 heavy (non-hydrogen) atoms. The topological polar surface area (TPSA) is 30.5 Å². The Kier molecular flexibility index (Phi) is 6.05. The summed E-state index contributed by atoms with van der Waals surface area (Å²) < 4.78 is 47.7. The Bertz CT molecular complexity index is 729. The summed E-state index contributed by atoms with van der Waals surface area (Å²) in [5, 5.41) is 3.16. The summed E-state index contributed by atoms with van der Waals surface area (Å²) in [5.41, 5.74) is 3.06. The van der Waals surface area contributed by atoms with E-state index in [1.165, 1.54) is 25.3 Å². The normalized spacial score (nSPS) is 11.8. The molecule has 0 fully saturated rings. The maximum atomic E-state index is 12.8. The predicted octanol–water partition coefficient (Wildman–Crippen LogP) is 6.58. The van der Waals surface area contributed by atoms with Crippen molar-refractivity contribution in [2.24, 2.45) is 0 Å². The number of alkyl halides is 3. The van der Waals surface area contributed by atoms with Crippen LogP contribution in [0.2, 0.25) is 0 Å². The number of benzene rings is 2. The predicted molar refractivity (Wildman–Crippen MR) is 97.6 cm³/mol. The van der Waals surface area contributed by atoms with Crippen LogP contribution in [0.3, 0.4) is 0 Å². The van der Waals surface area contributed by atoms with E-state index < -0.39 is 6.36 Å². The van der Waals surface area contributed by atoms with Crippen LogP contribution in [0.25, 0.3) is 0 Å². The third-order valence-corrected chi connectivity index (χ3v) is 4.05. The first kappa shape index (κ1) is 19.9. The van der Waals surface area contributed by atoms with Crippen molar-refractivity contribution >= 4 is 11.4 Å². The minimum Gasteiger partial charge on any atom is -0.497 e. The smallest absolute Gasteiger partial charge is 0.497 e. The van der Waals surface area contributed by atoms with Gasteiger partial charge in [0.25, 0.3) is 0 Å². The first-order valence-corrected chi connectivity index (χ1v) is 8.46. The third-order valence-electron chi connectivity index (χ3n) is 4.05. The lowest BCUT2D eigenvalue weighted by Crippen LogP contribution is -2.18. The minimum atomic E-state index is -4.77. The van der Waals surface area contributed by atoms with E-state index >= 15 is 0 Å². The van der Waals surface area contributed by atoms with Crippen molar-refractivity contribution in [2.45, 2.75) is 45.9 Å². The van der Waals surface area contributed by atoms with Gasteiger partial charge in [0.15, 0.2) is 5.75 Å². The zero-order valence-corrected chi connectivity index (χ0v) is 15.6. The van der Waals surface area contributed by atoms with Gasteiger partial charge in [-0.2, -0.15) is 0 Å². The molecule has 0 spiro atoms. The molecule has 0 radical (unpaired) electrons. The second-order valence-corrected chi connectivity index (χ2v) is 6.66. The Hall–Kier alpha value is -2.37. The van der Waals surface area contributed by atoms with Crippen molar-refractivity contribution in [3.8, 4) is 11.5 Å². The molecule has 0 aliphatic carbocycles. The summed E-state index contributed by atoms with van der Waals surface area (Å²) in [4.78, 5) is 0. The Morgan fingerprint density at radius 2 is 1.50 bits per heavy atom. The quantitative estimate of drug-likeness (QED) is 0.625. The lowest BCUT2D eigenvalue weighted by Gasteiger charge is -2.22. The van der Waals surface area contributed by atoms with E-state index in [1.54, 1.807) is 0 Å². The summed E-state index contributed by atoms with van der Waals surface area (Å²) in [7, 11) is 1.46. The van der Waals surface area contributed by atoms with E-state index in [0.29, 0.717) is 5.75 Å². The monoisotopic (exact) mass is 367 g/mol. The van der Waals surface area contributed by atoms with Crippen LogP contribution in [-0.2, 0) is 0 Å². The molecule has 0 aliphatic rings. The third kappa shape index (κ3) is 4.84. The van der Waals surface area contributed by atoms with E-state index in [-0.39, 0.29) is 23.3 Å². The summed E-state index contributed by atoms with van der Waals surface area (Å²) in [6, 6.07) is 10.1. The number of ether oxygens (including phenoxy) is 2. The number of rotatable bonds is 6. The molecule has 0 aliphatic heterocycles. The van der Waals surface area contributed by atoms with Gasteiger partial charge in [0, 0.05) is 11.8 Å². The van der Waals surface area contributed by atoms with Gasteiger partial charge in [-0.1, -0.05) is 45.9 Å². The Morgan fingerprint density at radius 1 is 0.923 bits per heavy atom. The maximum absolute atomic E-state index is 12.8. The summed E-state index contributed by atoms with van der Waals surface area (Å²) in [6.45, 7) is 8.18. The second-order valence-electron chi connectivity index (χ2n) is 6.66. The van der Waals surface area contributed by atoms with E-state index in [0.717, 1.165) is 16.8 Å². The van der Waals surface area contributed by atoms with Crippen molar-refractivity contribution in [1.82, 2.24) is 0 Å². The molecule has 0 atom stereocenters. The summed E-state index contributed by atoms with van der Waals surface area (Å²) >= 11 is 0. The van der Waals surface area contributed by atoms with E-state index in [4.69, 9.17) is 4.74 Å². The van der Waals surface area contributed by atoms with Gasteiger partial charge in [0.05, 0.1) is 12.8 Å². The van der Waals surface area contributed by atoms with E-state index in [2.05, 4.69) is 10.1 Å². The zero-order valence-electron chi connectivity index (χ0n) is 15.6. The Labute approximate surface area is 152 Å². The zero-order chi connectivity index (χ0) is 19.5. The average molecular weight is 367 g/mol. The first-order valence-electron chi connectivity index (χ1n) is 8.46. The minimum absolute atomic E-state index is 0.203. The maximum Gasteiger partial charge on any atom is 0.573 e.